The van der Waals surface area contributed by atoms with Crippen molar-refractivity contribution in [3.8, 4) is 0 Å². The number of amides is 1. The number of carbonyl (C=O) groups excluding carboxylic acids is 1. The molecular formula is C23H34IN5O. The predicted octanol–water partition coefficient (Wildman–Crippen LogP) is 2.85. The minimum Gasteiger partial charge on any atom is -0.356 e. The van der Waals surface area contributed by atoms with E-state index in [4.69, 9.17) is 0 Å². The number of hydrogen-bond acceptors (Lipinski definition) is 3. The number of nitrogens with one attached hydrogen (secondary N) is 2. The Hall–Kier alpha value is -2.13. The summed E-state index contributed by atoms with van der Waals surface area (Å²) < 4.78 is 0. The maximum Gasteiger partial charge on any atom is 0.253 e. The summed E-state index contributed by atoms with van der Waals surface area (Å²) in [6, 6.07) is 18.3. The molecule has 2 N–H and O–H groups in total. The van der Waals surface area contributed by atoms with Gasteiger partial charge in [-0.2, -0.15) is 0 Å². The van der Waals surface area contributed by atoms with Gasteiger partial charge in [-0.3, -0.25) is 9.79 Å². The molecule has 0 bridgehead atoms. The van der Waals surface area contributed by atoms with Crippen molar-refractivity contribution in [3.05, 3.63) is 71.3 Å². The Morgan fingerprint density at radius 3 is 2.27 bits per heavy atom. The molecule has 0 aliphatic carbocycles. The molecule has 2 aromatic rings. The van der Waals surface area contributed by atoms with E-state index in [1.807, 2.05) is 30.3 Å². The lowest BCUT2D eigenvalue weighted by atomic mass is 10.1. The van der Waals surface area contributed by atoms with Gasteiger partial charge in [0.2, 0.25) is 0 Å². The summed E-state index contributed by atoms with van der Waals surface area (Å²) >= 11 is 0. The third-order valence-electron chi connectivity index (χ3n) is 4.59. The molecule has 0 saturated carbocycles. The summed E-state index contributed by atoms with van der Waals surface area (Å²) in [5.74, 6) is 0.815. The molecule has 1 amide bonds. The fourth-order valence-electron chi connectivity index (χ4n) is 3.00. The summed E-state index contributed by atoms with van der Waals surface area (Å²) in [4.78, 5) is 20.3. The average Bonchev–Trinajstić information content (AvgIpc) is 2.73. The SMILES string of the molecule is CN=C(NCCc1cccc(C(=O)N(C)C)c1)NCCN(C)Cc1ccccc1.I. The molecule has 6 nitrogen and oxygen atoms in total. The van der Waals surface area contributed by atoms with Crippen LogP contribution in [0, 0.1) is 0 Å². The van der Waals surface area contributed by atoms with Crippen molar-refractivity contribution in [3.63, 3.8) is 0 Å². The summed E-state index contributed by atoms with van der Waals surface area (Å²) in [5, 5.41) is 6.69. The van der Waals surface area contributed by atoms with Crippen molar-refractivity contribution in [1.29, 1.82) is 0 Å². The molecule has 0 radical (unpaired) electrons. The summed E-state index contributed by atoms with van der Waals surface area (Å²) in [6.07, 6.45) is 0.823. The van der Waals surface area contributed by atoms with Crippen LogP contribution >= 0.6 is 24.0 Å². The van der Waals surface area contributed by atoms with Gasteiger partial charge in [-0.1, -0.05) is 42.5 Å². The van der Waals surface area contributed by atoms with Crippen molar-refractivity contribution in [2.45, 2.75) is 13.0 Å². The van der Waals surface area contributed by atoms with E-state index in [0.717, 1.165) is 49.7 Å². The van der Waals surface area contributed by atoms with Gasteiger partial charge in [0.25, 0.3) is 5.91 Å². The Balaban J connectivity index is 0.00000450. The normalized spacial score (nSPS) is 11.0. The van der Waals surface area contributed by atoms with E-state index in [-0.39, 0.29) is 29.9 Å². The maximum absolute atomic E-state index is 12.1. The number of benzene rings is 2. The van der Waals surface area contributed by atoms with Crippen molar-refractivity contribution in [2.24, 2.45) is 4.99 Å². The van der Waals surface area contributed by atoms with Crippen LogP contribution in [0.5, 0.6) is 0 Å². The molecule has 2 aromatic carbocycles. The smallest absolute Gasteiger partial charge is 0.253 e. The number of rotatable bonds is 9. The first-order chi connectivity index (χ1) is 14.0. The number of hydrogen-bond donors (Lipinski definition) is 2. The van der Waals surface area contributed by atoms with Crippen LogP contribution in [0.15, 0.2) is 59.6 Å². The quantitative estimate of drug-likeness (QED) is 0.302. The van der Waals surface area contributed by atoms with Gasteiger partial charge < -0.3 is 20.4 Å². The van der Waals surface area contributed by atoms with E-state index < -0.39 is 0 Å². The van der Waals surface area contributed by atoms with E-state index in [0.29, 0.717) is 0 Å². The van der Waals surface area contributed by atoms with Crippen LogP contribution in [-0.2, 0) is 13.0 Å². The Morgan fingerprint density at radius 2 is 1.60 bits per heavy atom. The maximum atomic E-state index is 12.1. The molecule has 30 heavy (non-hydrogen) atoms. The number of carbonyl (C=O) groups is 1. The Kier molecular flexibility index (Phi) is 12.1. The second kappa shape index (κ2) is 14.0. The average molecular weight is 523 g/mol. The van der Waals surface area contributed by atoms with Gasteiger partial charge >= 0.3 is 0 Å². The highest BCUT2D eigenvalue weighted by molar-refractivity contribution is 14.0. The zero-order valence-corrected chi connectivity index (χ0v) is 20.7. The second-order valence-electron chi connectivity index (χ2n) is 7.30. The molecule has 0 heterocycles. The molecular weight excluding hydrogens is 489 g/mol. The van der Waals surface area contributed by atoms with Crippen LogP contribution in [0.1, 0.15) is 21.5 Å². The summed E-state index contributed by atoms with van der Waals surface area (Å²) in [5.41, 5.74) is 3.16. The number of halogens is 1. The van der Waals surface area contributed by atoms with Crippen molar-refractivity contribution >= 4 is 35.8 Å². The van der Waals surface area contributed by atoms with Gasteiger partial charge in [-0.15, -0.1) is 24.0 Å². The van der Waals surface area contributed by atoms with Gasteiger partial charge in [0.15, 0.2) is 5.96 Å². The fraction of sp³-hybridized carbons (Fsp3) is 0.391. The van der Waals surface area contributed by atoms with E-state index in [1.165, 1.54) is 5.56 Å². The third-order valence-corrected chi connectivity index (χ3v) is 4.59. The number of guanidine groups is 1. The zero-order chi connectivity index (χ0) is 21.1. The predicted molar refractivity (Wildman–Crippen MR) is 136 cm³/mol. The lowest BCUT2D eigenvalue weighted by molar-refractivity contribution is 0.0827. The molecule has 0 fully saturated rings. The second-order valence-corrected chi connectivity index (χ2v) is 7.30. The van der Waals surface area contributed by atoms with Crippen LogP contribution in [0.4, 0.5) is 0 Å². The van der Waals surface area contributed by atoms with Gasteiger partial charge in [0.1, 0.15) is 0 Å². The molecule has 0 saturated heterocycles. The standard InChI is InChI=1S/C23H33N5O.HI/c1-24-23(26-15-16-28(4)18-20-9-6-5-7-10-20)25-14-13-19-11-8-12-21(17-19)22(29)27(2)3;/h5-12,17H,13-16,18H2,1-4H3,(H2,24,25,26);1H. The lowest BCUT2D eigenvalue weighted by Gasteiger charge is -2.18. The van der Waals surface area contributed by atoms with Crippen LogP contribution in [0.2, 0.25) is 0 Å². The first-order valence-corrected chi connectivity index (χ1v) is 9.97. The van der Waals surface area contributed by atoms with Crippen molar-refractivity contribution in [1.82, 2.24) is 20.4 Å². The minimum atomic E-state index is 0. The van der Waals surface area contributed by atoms with E-state index in [2.05, 4.69) is 51.8 Å². The molecule has 0 aliphatic heterocycles. The molecule has 0 aliphatic rings. The molecule has 0 spiro atoms. The Bertz CT molecular complexity index is 795. The monoisotopic (exact) mass is 523 g/mol. The first kappa shape index (κ1) is 25.9. The summed E-state index contributed by atoms with van der Waals surface area (Å²) in [6.45, 7) is 3.41. The van der Waals surface area contributed by atoms with Gasteiger partial charge in [-0.25, -0.2) is 0 Å². The Labute approximate surface area is 197 Å². The molecule has 7 heteroatoms. The molecule has 2 rings (SSSR count). The van der Waals surface area contributed by atoms with Crippen molar-refractivity contribution < 1.29 is 4.79 Å². The van der Waals surface area contributed by atoms with E-state index >= 15 is 0 Å². The first-order valence-electron chi connectivity index (χ1n) is 9.97. The van der Waals surface area contributed by atoms with E-state index in [9.17, 15) is 4.79 Å². The largest absolute Gasteiger partial charge is 0.356 e. The third kappa shape index (κ3) is 9.13. The lowest BCUT2D eigenvalue weighted by Crippen LogP contribution is -2.41. The van der Waals surface area contributed by atoms with Crippen LogP contribution in [0.25, 0.3) is 0 Å². The topological polar surface area (TPSA) is 60.0 Å². The Morgan fingerprint density at radius 1 is 0.933 bits per heavy atom. The highest BCUT2D eigenvalue weighted by Crippen LogP contribution is 2.07. The molecule has 0 aromatic heterocycles. The van der Waals surface area contributed by atoms with Crippen LogP contribution in [-0.4, -0.2) is 69.5 Å². The van der Waals surface area contributed by atoms with Gasteiger partial charge in [-0.05, 0) is 36.7 Å². The van der Waals surface area contributed by atoms with E-state index in [1.54, 1.807) is 26.0 Å². The zero-order valence-electron chi connectivity index (χ0n) is 18.4. The van der Waals surface area contributed by atoms with Crippen molar-refractivity contribution in [2.75, 3.05) is 47.8 Å². The highest BCUT2D eigenvalue weighted by Gasteiger charge is 2.08. The molecule has 0 atom stereocenters. The minimum absolute atomic E-state index is 0. The number of nitrogens with zero attached hydrogens (tertiary/aromatic N) is 3. The molecule has 164 valence electrons. The molecule has 0 unspecified atom stereocenters. The van der Waals surface area contributed by atoms with Crippen LogP contribution in [0.3, 0.4) is 0 Å². The van der Waals surface area contributed by atoms with Crippen LogP contribution < -0.4 is 10.6 Å². The van der Waals surface area contributed by atoms with Gasteiger partial charge in [0.05, 0.1) is 0 Å². The fourth-order valence-corrected chi connectivity index (χ4v) is 3.00. The number of aliphatic imine (C=N–C) groups is 1. The summed E-state index contributed by atoms with van der Waals surface area (Å²) in [7, 11) is 7.43. The van der Waals surface area contributed by atoms with Gasteiger partial charge in [0, 0.05) is 52.9 Å². The highest BCUT2D eigenvalue weighted by atomic mass is 127. The number of likely N-dealkylation sites (N-methyl/N-ethyl adjacent to an activating group) is 1.